The van der Waals surface area contributed by atoms with Gasteiger partial charge in [-0.2, -0.15) is 0 Å². The van der Waals surface area contributed by atoms with Crippen molar-refractivity contribution < 1.29 is 0 Å². The highest BCUT2D eigenvalue weighted by Gasteiger charge is 1.96. The molecule has 20 heavy (non-hydrogen) atoms. The third kappa shape index (κ3) is 9.11. The number of aromatic nitrogens is 3. The number of aliphatic imine (C=N–C) groups is 1. The van der Waals surface area contributed by atoms with Crippen LogP contribution in [-0.4, -0.2) is 40.4 Å². The molecule has 0 unspecified atom stereocenters. The Kier molecular flexibility index (Phi) is 12.6. The minimum atomic E-state index is 0. The number of rotatable bonds is 9. The lowest BCUT2D eigenvalue weighted by atomic mass is 10.3. The van der Waals surface area contributed by atoms with Gasteiger partial charge in [-0.15, -0.1) is 34.2 Å². The van der Waals surface area contributed by atoms with Crippen molar-refractivity contribution in [1.82, 2.24) is 25.4 Å². The van der Waals surface area contributed by atoms with E-state index in [2.05, 4.69) is 39.7 Å². The molecular formula is C13H27IN6. The molecule has 116 valence electrons. The number of hydrogen-bond donors (Lipinski definition) is 2. The maximum Gasteiger partial charge on any atom is 0.191 e. The maximum absolute atomic E-state index is 4.56. The molecule has 0 spiro atoms. The number of nitrogens with zero attached hydrogens (tertiary/aromatic N) is 4. The zero-order chi connectivity index (χ0) is 13.8. The molecular weight excluding hydrogens is 367 g/mol. The Hall–Kier alpha value is -0.860. The highest BCUT2D eigenvalue weighted by molar-refractivity contribution is 14.0. The topological polar surface area (TPSA) is 67.1 Å². The molecule has 0 aliphatic rings. The standard InChI is InChI=1S/C13H26N6.HI/c1-3-5-8-15-13(14-4-2)16-9-6-7-10-19-11-17-18-12-19;/h11-12H,3-10H2,1-2H3,(H2,14,15,16);1H. The van der Waals surface area contributed by atoms with Crippen LogP contribution in [0.5, 0.6) is 0 Å². The van der Waals surface area contributed by atoms with E-state index < -0.39 is 0 Å². The number of halogens is 1. The van der Waals surface area contributed by atoms with Crippen molar-refractivity contribution >= 4 is 29.9 Å². The summed E-state index contributed by atoms with van der Waals surface area (Å²) in [6.45, 7) is 7.98. The van der Waals surface area contributed by atoms with Crippen molar-refractivity contribution in [2.24, 2.45) is 4.99 Å². The van der Waals surface area contributed by atoms with E-state index in [0.717, 1.165) is 45.0 Å². The molecule has 0 amide bonds. The molecule has 6 nitrogen and oxygen atoms in total. The average Bonchev–Trinajstić information content (AvgIpc) is 2.91. The zero-order valence-corrected chi connectivity index (χ0v) is 14.8. The summed E-state index contributed by atoms with van der Waals surface area (Å²) in [7, 11) is 0. The molecule has 0 saturated heterocycles. The molecule has 0 bridgehead atoms. The fraction of sp³-hybridized carbons (Fsp3) is 0.769. The normalized spacial score (nSPS) is 11.0. The van der Waals surface area contributed by atoms with Crippen molar-refractivity contribution in [2.45, 2.75) is 46.1 Å². The van der Waals surface area contributed by atoms with Gasteiger partial charge in [0, 0.05) is 26.2 Å². The summed E-state index contributed by atoms with van der Waals surface area (Å²) < 4.78 is 1.99. The summed E-state index contributed by atoms with van der Waals surface area (Å²) in [5.41, 5.74) is 0. The van der Waals surface area contributed by atoms with E-state index in [1.807, 2.05) is 4.57 Å². The maximum atomic E-state index is 4.56. The van der Waals surface area contributed by atoms with Gasteiger partial charge in [0.25, 0.3) is 0 Å². The SMILES string of the molecule is CCCCNC(=NCCCCn1cnnc1)NCC.I. The van der Waals surface area contributed by atoms with Gasteiger partial charge in [0.15, 0.2) is 5.96 Å². The second kappa shape index (κ2) is 13.1. The van der Waals surface area contributed by atoms with Crippen molar-refractivity contribution in [3.8, 4) is 0 Å². The summed E-state index contributed by atoms with van der Waals surface area (Å²) in [5.74, 6) is 0.931. The fourth-order valence-corrected chi connectivity index (χ4v) is 1.66. The summed E-state index contributed by atoms with van der Waals surface area (Å²) in [6, 6.07) is 0. The summed E-state index contributed by atoms with van der Waals surface area (Å²) in [4.78, 5) is 4.56. The number of nitrogens with one attached hydrogen (secondary N) is 2. The molecule has 1 rings (SSSR count). The first-order chi connectivity index (χ1) is 9.36. The van der Waals surface area contributed by atoms with Gasteiger partial charge in [0.1, 0.15) is 12.7 Å². The van der Waals surface area contributed by atoms with Crippen molar-refractivity contribution in [3.05, 3.63) is 12.7 Å². The highest BCUT2D eigenvalue weighted by Crippen LogP contribution is 1.94. The van der Waals surface area contributed by atoms with Crippen molar-refractivity contribution in [3.63, 3.8) is 0 Å². The second-order valence-electron chi connectivity index (χ2n) is 4.45. The van der Waals surface area contributed by atoms with Crippen LogP contribution in [0.3, 0.4) is 0 Å². The van der Waals surface area contributed by atoms with Crippen LogP contribution < -0.4 is 10.6 Å². The minimum Gasteiger partial charge on any atom is -0.357 e. The van der Waals surface area contributed by atoms with E-state index in [-0.39, 0.29) is 24.0 Å². The van der Waals surface area contributed by atoms with Gasteiger partial charge >= 0.3 is 0 Å². The van der Waals surface area contributed by atoms with Crippen LogP contribution in [0.15, 0.2) is 17.6 Å². The van der Waals surface area contributed by atoms with Crippen LogP contribution in [0.25, 0.3) is 0 Å². The minimum absolute atomic E-state index is 0. The number of unbranched alkanes of at least 4 members (excludes halogenated alkanes) is 2. The quantitative estimate of drug-likeness (QED) is 0.291. The molecule has 7 heteroatoms. The van der Waals surface area contributed by atoms with Crippen molar-refractivity contribution in [1.29, 1.82) is 0 Å². The lowest BCUT2D eigenvalue weighted by Gasteiger charge is -2.10. The van der Waals surface area contributed by atoms with Crippen LogP contribution in [0, 0.1) is 0 Å². The van der Waals surface area contributed by atoms with Crippen LogP contribution in [0.4, 0.5) is 0 Å². The Morgan fingerprint density at radius 1 is 1.10 bits per heavy atom. The van der Waals surface area contributed by atoms with Gasteiger partial charge in [0.2, 0.25) is 0 Å². The largest absolute Gasteiger partial charge is 0.357 e. The smallest absolute Gasteiger partial charge is 0.191 e. The van der Waals surface area contributed by atoms with Gasteiger partial charge in [-0.25, -0.2) is 0 Å². The van der Waals surface area contributed by atoms with E-state index in [9.17, 15) is 0 Å². The van der Waals surface area contributed by atoms with E-state index in [0.29, 0.717) is 0 Å². The van der Waals surface area contributed by atoms with Crippen molar-refractivity contribution in [2.75, 3.05) is 19.6 Å². The average molecular weight is 394 g/mol. The van der Waals surface area contributed by atoms with Gasteiger partial charge < -0.3 is 15.2 Å². The molecule has 0 atom stereocenters. The molecule has 2 N–H and O–H groups in total. The Bertz CT molecular complexity index is 339. The first-order valence-corrected chi connectivity index (χ1v) is 7.21. The Morgan fingerprint density at radius 2 is 1.85 bits per heavy atom. The lowest BCUT2D eigenvalue weighted by Crippen LogP contribution is -2.37. The molecule has 0 aliphatic carbocycles. The first kappa shape index (κ1) is 19.1. The third-order valence-electron chi connectivity index (χ3n) is 2.73. The van der Waals surface area contributed by atoms with Crippen LogP contribution >= 0.6 is 24.0 Å². The van der Waals surface area contributed by atoms with Crippen LogP contribution in [0.2, 0.25) is 0 Å². The highest BCUT2D eigenvalue weighted by atomic mass is 127. The molecule has 0 fully saturated rings. The summed E-state index contributed by atoms with van der Waals surface area (Å²) in [5, 5.41) is 14.2. The zero-order valence-electron chi connectivity index (χ0n) is 12.5. The Labute approximate surface area is 138 Å². The number of hydrogen-bond acceptors (Lipinski definition) is 3. The summed E-state index contributed by atoms with van der Waals surface area (Å²) in [6.07, 6.45) is 8.04. The molecule has 0 aliphatic heterocycles. The second-order valence-corrected chi connectivity index (χ2v) is 4.45. The fourth-order valence-electron chi connectivity index (χ4n) is 1.66. The van der Waals surface area contributed by atoms with Crippen LogP contribution in [0.1, 0.15) is 39.5 Å². The third-order valence-corrected chi connectivity index (χ3v) is 2.73. The van der Waals surface area contributed by atoms with E-state index in [4.69, 9.17) is 0 Å². The Morgan fingerprint density at radius 3 is 2.50 bits per heavy atom. The molecule has 0 saturated carbocycles. The number of aryl methyl sites for hydroxylation is 1. The van der Waals surface area contributed by atoms with Crippen LogP contribution in [-0.2, 0) is 6.54 Å². The lowest BCUT2D eigenvalue weighted by molar-refractivity contribution is 0.611. The molecule has 1 aromatic heterocycles. The van der Waals surface area contributed by atoms with E-state index >= 15 is 0 Å². The van der Waals surface area contributed by atoms with E-state index in [1.165, 1.54) is 12.8 Å². The Balaban J connectivity index is 0.00000361. The molecule has 1 aromatic rings. The predicted octanol–water partition coefficient (Wildman–Crippen LogP) is 2.03. The molecule has 1 heterocycles. The van der Waals surface area contributed by atoms with E-state index in [1.54, 1.807) is 12.7 Å². The molecule has 0 aromatic carbocycles. The first-order valence-electron chi connectivity index (χ1n) is 7.21. The number of guanidine groups is 1. The van der Waals surface area contributed by atoms with Gasteiger partial charge in [-0.05, 0) is 26.2 Å². The van der Waals surface area contributed by atoms with Gasteiger partial charge in [-0.3, -0.25) is 4.99 Å². The van der Waals surface area contributed by atoms with Gasteiger partial charge in [0.05, 0.1) is 0 Å². The van der Waals surface area contributed by atoms with Gasteiger partial charge in [-0.1, -0.05) is 13.3 Å². The monoisotopic (exact) mass is 394 g/mol. The predicted molar refractivity (Wildman–Crippen MR) is 93.6 cm³/mol. The summed E-state index contributed by atoms with van der Waals surface area (Å²) >= 11 is 0. The molecule has 0 radical (unpaired) electrons.